The van der Waals surface area contributed by atoms with Gasteiger partial charge in [-0.3, -0.25) is 9.59 Å². The lowest BCUT2D eigenvalue weighted by atomic mass is 9.79. The summed E-state index contributed by atoms with van der Waals surface area (Å²) in [5, 5.41) is 0. The van der Waals surface area contributed by atoms with Crippen molar-refractivity contribution in [1.29, 1.82) is 0 Å². The van der Waals surface area contributed by atoms with Gasteiger partial charge < -0.3 is 18.9 Å². The largest absolute Gasteiger partial charge is 0.459 e. The molecule has 1 aliphatic carbocycles. The second-order valence-electron chi connectivity index (χ2n) is 7.99. The molecule has 35 heavy (non-hydrogen) atoms. The van der Waals surface area contributed by atoms with Crippen molar-refractivity contribution in [2.24, 2.45) is 11.8 Å². The Balaban J connectivity index is 2.92. The van der Waals surface area contributed by atoms with Gasteiger partial charge in [-0.25, -0.2) is 18.4 Å². The first-order chi connectivity index (χ1) is 15.8. The number of ether oxygens (including phenoxy) is 4. The van der Waals surface area contributed by atoms with Crippen LogP contribution in [0.25, 0.3) is 0 Å². The summed E-state index contributed by atoms with van der Waals surface area (Å²) in [6.07, 6.45) is -8.75. The highest BCUT2D eigenvalue weighted by atomic mass is 19.4. The molecule has 0 saturated heterocycles. The molecule has 0 N–H and O–H groups in total. The Hall–Kier alpha value is -2.87. The van der Waals surface area contributed by atoms with Crippen molar-refractivity contribution in [2.45, 2.75) is 57.2 Å². The maximum atomic E-state index is 13.1. The zero-order chi connectivity index (χ0) is 27.2. The van der Waals surface area contributed by atoms with E-state index in [0.717, 1.165) is 0 Å². The summed E-state index contributed by atoms with van der Waals surface area (Å²) in [6, 6.07) is 0. The molecule has 1 saturated carbocycles. The molecule has 3 unspecified atom stereocenters. The van der Waals surface area contributed by atoms with Crippen molar-refractivity contribution >= 4 is 23.9 Å². The minimum absolute atomic E-state index is 0.0713. The average molecular weight is 524 g/mol. The van der Waals surface area contributed by atoms with E-state index in [2.05, 4.69) is 20.8 Å². The zero-order valence-corrected chi connectivity index (χ0v) is 18.6. The molecule has 1 rings (SSSR count). The number of hydrogen-bond acceptors (Lipinski definition) is 8. The van der Waals surface area contributed by atoms with E-state index in [9.17, 15) is 49.9 Å². The SMILES string of the molecule is C=C(C)C(=O)OCC(=O)OC1CC(C(=O)OCC(C)(F)F)CCC1C(=O)OCC(F)(F)C(F)(F)F. The summed E-state index contributed by atoms with van der Waals surface area (Å²) in [4.78, 5) is 47.7. The zero-order valence-electron chi connectivity index (χ0n) is 18.6. The second kappa shape index (κ2) is 11.7. The van der Waals surface area contributed by atoms with Gasteiger partial charge in [0.15, 0.2) is 19.8 Å². The molecule has 3 atom stereocenters. The molecular formula is C20H23F7O8. The first-order valence-corrected chi connectivity index (χ1v) is 10.0. The summed E-state index contributed by atoms with van der Waals surface area (Å²) >= 11 is 0. The molecular weight excluding hydrogens is 501 g/mol. The van der Waals surface area contributed by atoms with E-state index in [1.165, 1.54) is 6.92 Å². The molecule has 0 radical (unpaired) electrons. The van der Waals surface area contributed by atoms with Crippen LogP contribution >= 0.6 is 0 Å². The summed E-state index contributed by atoms with van der Waals surface area (Å²) in [6.45, 7) is 0.455. The van der Waals surface area contributed by atoms with Crippen LogP contribution in [0.5, 0.6) is 0 Å². The first-order valence-electron chi connectivity index (χ1n) is 10.0. The third-order valence-electron chi connectivity index (χ3n) is 4.66. The predicted molar refractivity (Wildman–Crippen MR) is 100 cm³/mol. The second-order valence-corrected chi connectivity index (χ2v) is 7.99. The van der Waals surface area contributed by atoms with Gasteiger partial charge in [0, 0.05) is 12.5 Å². The fourth-order valence-electron chi connectivity index (χ4n) is 2.86. The van der Waals surface area contributed by atoms with Crippen LogP contribution in [0.1, 0.15) is 33.1 Å². The van der Waals surface area contributed by atoms with Gasteiger partial charge in [-0.05, 0) is 26.2 Å². The topological polar surface area (TPSA) is 105 Å². The van der Waals surface area contributed by atoms with Crippen molar-refractivity contribution in [3.8, 4) is 0 Å². The number of alkyl halides is 7. The standard InChI is InChI=1S/C20H23F7O8/c1-10(2)15(29)32-7-14(28)35-13-6-11(16(30)33-8-18(3,21)22)4-5-12(13)17(31)34-9-19(23,24)20(25,26)27/h11-13H,1,4-9H2,2-3H3. The number of carbonyl (C=O) groups is 4. The van der Waals surface area contributed by atoms with Crippen LogP contribution in [0, 0.1) is 11.8 Å². The Kier molecular flexibility index (Phi) is 10.1. The molecule has 200 valence electrons. The normalized spacial score (nSPS) is 21.0. The summed E-state index contributed by atoms with van der Waals surface area (Å²) < 4.78 is 107. The Bertz CT molecular complexity index is 819. The summed E-state index contributed by atoms with van der Waals surface area (Å²) in [5.74, 6) is -16.4. The smallest absolute Gasteiger partial charge is 0.456 e. The van der Waals surface area contributed by atoms with Gasteiger partial charge in [0.05, 0.1) is 11.8 Å². The Labute approximate surface area is 194 Å². The molecule has 15 heteroatoms. The van der Waals surface area contributed by atoms with E-state index in [1.54, 1.807) is 0 Å². The number of carbonyl (C=O) groups excluding carboxylic acids is 4. The molecule has 0 aromatic carbocycles. The number of halogens is 7. The molecule has 0 heterocycles. The van der Waals surface area contributed by atoms with Crippen LogP contribution in [-0.4, -0.2) is 67.8 Å². The van der Waals surface area contributed by atoms with Crippen LogP contribution in [-0.2, 0) is 38.1 Å². The van der Waals surface area contributed by atoms with E-state index in [-0.39, 0.29) is 12.0 Å². The lowest BCUT2D eigenvalue weighted by Gasteiger charge is -2.33. The summed E-state index contributed by atoms with van der Waals surface area (Å²) in [5.41, 5.74) is -0.0713. The molecule has 0 bridgehead atoms. The van der Waals surface area contributed by atoms with Crippen molar-refractivity contribution in [3.05, 3.63) is 12.2 Å². The molecule has 0 spiro atoms. The molecule has 0 aliphatic heterocycles. The van der Waals surface area contributed by atoms with E-state index < -0.39 is 92.5 Å². The van der Waals surface area contributed by atoms with E-state index in [4.69, 9.17) is 4.74 Å². The van der Waals surface area contributed by atoms with E-state index >= 15 is 0 Å². The number of hydrogen-bond donors (Lipinski definition) is 0. The average Bonchev–Trinajstić information content (AvgIpc) is 2.72. The Morgan fingerprint density at radius 2 is 1.46 bits per heavy atom. The lowest BCUT2D eigenvalue weighted by Crippen LogP contribution is -2.45. The maximum absolute atomic E-state index is 13.1. The van der Waals surface area contributed by atoms with Crippen LogP contribution in [0.4, 0.5) is 30.7 Å². The van der Waals surface area contributed by atoms with Gasteiger partial charge in [-0.1, -0.05) is 6.58 Å². The highest BCUT2D eigenvalue weighted by molar-refractivity contribution is 5.88. The highest BCUT2D eigenvalue weighted by Crippen LogP contribution is 2.37. The number of esters is 4. The van der Waals surface area contributed by atoms with Gasteiger partial charge >= 0.3 is 36.0 Å². The fraction of sp³-hybridized carbons (Fsp3) is 0.700. The lowest BCUT2D eigenvalue weighted by molar-refractivity contribution is -0.294. The monoisotopic (exact) mass is 524 g/mol. The fourth-order valence-corrected chi connectivity index (χ4v) is 2.86. The molecule has 0 aromatic rings. The van der Waals surface area contributed by atoms with Crippen molar-refractivity contribution in [2.75, 3.05) is 19.8 Å². The minimum atomic E-state index is -5.99. The van der Waals surface area contributed by atoms with Crippen LogP contribution in [0.2, 0.25) is 0 Å². The van der Waals surface area contributed by atoms with Crippen molar-refractivity contribution in [1.82, 2.24) is 0 Å². The van der Waals surface area contributed by atoms with E-state index in [1.807, 2.05) is 0 Å². The first kappa shape index (κ1) is 30.2. The quantitative estimate of drug-likeness (QED) is 0.186. The Morgan fingerprint density at radius 3 is 1.97 bits per heavy atom. The molecule has 8 nitrogen and oxygen atoms in total. The van der Waals surface area contributed by atoms with E-state index in [0.29, 0.717) is 6.92 Å². The molecule has 0 aromatic heterocycles. The minimum Gasteiger partial charge on any atom is -0.459 e. The van der Waals surface area contributed by atoms with Gasteiger partial charge in [-0.2, -0.15) is 22.0 Å². The van der Waals surface area contributed by atoms with Crippen molar-refractivity contribution in [3.63, 3.8) is 0 Å². The molecule has 1 fully saturated rings. The molecule has 0 amide bonds. The number of rotatable bonds is 10. The van der Waals surface area contributed by atoms with Gasteiger partial charge in [0.25, 0.3) is 5.92 Å². The van der Waals surface area contributed by atoms with Crippen LogP contribution < -0.4 is 0 Å². The van der Waals surface area contributed by atoms with Gasteiger partial charge in [0.1, 0.15) is 6.10 Å². The van der Waals surface area contributed by atoms with Crippen LogP contribution in [0.3, 0.4) is 0 Å². The van der Waals surface area contributed by atoms with Crippen LogP contribution in [0.15, 0.2) is 12.2 Å². The third-order valence-corrected chi connectivity index (χ3v) is 4.66. The van der Waals surface area contributed by atoms with Gasteiger partial charge in [0.2, 0.25) is 0 Å². The predicted octanol–water partition coefficient (Wildman–Crippen LogP) is 3.37. The molecule has 1 aliphatic rings. The third kappa shape index (κ3) is 9.72. The van der Waals surface area contributed by atoms with Gasteiger partial charge in [-0.15, -0.1) is 0 Å². The van der Waals surface area contributed by atoms with Crippen molar-refractivity contribution < 1.29 is 68.9 Å². The maximum Gasteiger partial charge on any atom is 0.456 e. The highest BCUT2D eigenvalue weighted by Gasteiger charge is 2.58. The summed E-state index contributed by atoms with van der Waals surface area (Å²) in [7, 11) is 0. The Morgan fingerprint density at radius 1 is 0.886 bits per heavy atom.